The molecule has 2 aromatic carbocycles. The average molecular weight is 286 g/mol. The van der Waals surface area contributed by atoms with Crippen molar-refractivity contribution in [2.24, 2.45) is 5.92 Å². The standard InChI is InChI=1S/C20H14O2/c1-2-6-12-11(5-1)9-10-15-16-18-13-7-3-4-8-14(13)19(22-18)20(16)21-17(12)15/h1-10,15-17,20H/t15-,16-,17-,20-/m1/s1. The molecular weight excluding hydrogens is 272 g/mol. The van der Waals surface area contributed by atoms with Crippen molar-refractivity contribution in [2.45, 2.75) is 18.1 Å². The van der Waals surface area contributed by atoms with E-state index in [2.05, 4.69) is 60.7 Å². The van der Waals surface area contributed by atoms with Crippen molar-refractivity contribution >= 4 is 16.8 Å². The van der Waals surface area contributed by atoms with E-state index in [9.17, 15) is 0 Å². The number of fused-ring (bicyclic) bond motifs is 12. The van der Waals surface area contributed by atoms with Gasteiger partial charge in [0.05, 0.1) is 12.0 Å². The predicted octanol–water partition coefficient (Wildman–Crippen LogP) is 4.99. The van der Waals surface area contributed by atoms with E-state index in [1.165, 1.54) is 21.9 Å². The van der Waals surface area contributed by atoms with Crippen molar-refractivity contribution in [3.8, 4) is 0 Å². The van der Waals surface area contributed by atoms with Crippen LogP contribution in [-0.2, 0) is 4.74 Å². The first kappa shape index (κ1) is 11.3. The molecule has 2 bridgehead atoms. The molecule has 0 unspecified atom stereocenters. The van der Waals surface area contributed by atoms with Gasteiger partial charge in [-0.2, -0.15) is 0 Å². The van der Waals surface area contributed by atoms with Gasteiger partial charge < -0.3 is 9.15 Å². The summed E-state index contributed by atoms with van der Waals surface area (Å²) >= 11 is 0. The quantitative estimate of drug-likeness (QED) is 0.581. The Balaban J connectivity index is 1.56. The van der Waals surface area contributed by atoms with Gasteiger partial charge in [-0.25, -0.2) is 0 Å². The van der Waals surface area contributed by atoms with Crippen molar-refractivity contribution in [3.63, 3.8) is 0 Å². The van der Waals surface area contributed by atoms with Gasteiger partial charge in [-0.3, -0.25) is 0 Å². The smallest absolute Gasteiger partial charge is 0.141 e. The predicted molar refractivity (Wildman–Crippen MR) is 84.5 cm³/mol. The topological polar surface area (TPSA) is 22.4 Å². The Morgan fingerprint density at radius 1 is 0.773 bits per heavy atom. The van der Waals surface area contributed by atoms with Gasteiger partial charge in [0.1, 0.15) is 17.6 Å². The fraction of sp³-hybridized carbons (Fsp3) is 0.200. The second-order valence-electron chi connectivity index (χ2n) is 6.44. The lowest BCUT2D eigenvalue weighted by Crippen LogP contribution is -2.14. The summed E-state index contributed by atoms with van der Waals surface area (Å²) in [6, 6.07) is 17.0. The normalized spacial score (nSPS) is 30.4. The summed E-state index contributed by atoms with van der Waals surface area (Å²) in [6.07, 6.45) is 4.79. The largest absolute Gasteiger partial charge is 0.462 e. The minimum atomic E-state index is 0.0794. The van der Waals surface area contributed by atoms with E-state index >= 15 is 0 Å². The van der Waals surface area contributed by atoms with Crippen LogP contribution in [0.2, 0.25) is 0 Å². The molecule has 3 heterocycles. The Hall–Kier alpha value is -2.32. The molecule has 0 N–H and O–H groups in total. The van der Waals surface area contributed by atoms with Crippen molar-refractivity contribution < 1.29 is 9.15 Å². The fourth-order valence-corrected chi connectivity index (χ4v) is 4.50. The Labute approximate surface area is 128 Å². The van der Waals surface area contributed by atoms with Gasteiger partial charge in [-0.05, 0) is 11.1 Å². The van der Waals surface area contributed by atoms with Crippen molar-refractivity contribution in [2.75, 3.05) is 0 Å². The van der Waals surface area contributed by atoms with Crippen molar-refractivity contribution in [1.82, 2.24) is 0 Å². The average Bonchev–Trinajstić information content (AvgIpc) is 3.23. The number of hydrogen-bond donors (Lipinski definition) is 0. The van der Waals surface area contributed by atoms with Crippen LogP contribution in [0.5, 0.6) is 0 Å². The minimum Gasteiger partial charge on any atom is -0.462 e. The van der Waals surface area contributed by atoms with Gasteiger partial charge in [-0.1, -0.05) is 60.7 Å². The van der Waals surface area contributed by atoms with E-state index < -0.39 is 0 Å². The SMILES string of the molecule is C1=C[C@@H]2[C@@H]3c4oc(c5ccccc45)[C@@H]3O[C@@H]2c2ccccc21. The number of ether oxygens (including phenoxy) is 1. The molecule has 2 nitrogen and oxygen atoms in total. The van der Waals surface area contributed by atoms with E-state index in [0.717, 1.165) is 11.5 Å². The number of hydrogen-bond acceptors (Lipinski definition) is 2. The summed E-state index contributed by atoms with van der Waals surface area (Å²) in [6.45, 7) is 0. The first-order valence-corrected chi connectivity index (χ1v) is 7.86. The third-order valence-corrected chi connectivity index (χ3v) is 5.42. The van der Waals surface area contributed by atoms with Gasteiger partial charge in [0.2, 0.25) is 0 Å². The van der Waals surface area contributed by atoms with Crippen LogP contribution in [0.3, 0.4) is 0 Å². The van der Waals surface area contributed by atoms with Crippen LogP contribution >= 0.6 is 0 Å². The molecule has 6 rings (SSSR count). The van der Waals surface area contributed by atoms with Gasteiger partial charge in [0.25, 0.3) is 0 Å². The van der Waals surface area contributed by atoms with E-state index in [1.807, 2.05) is 0 Å². The second-order valence-corrected chi connectivity index (χ2v) is 6.44. The molecule has 1 fully saturated rings. The summed E-state index contributed by atoms with van der Waals surface area (Å²) in [5, 5.41) is 2.48. The van der Waals surface area contributed by atoms with Crippen molar-refractivity contribution in [3.05, 3.63) is 77.3 Å². The molecule has 22 heavy (non-hydrogen) atoms. The zero-order valence-electron chi connectivity index (χ0n) is 11.9. The van der Waals surface area contributed by atoms with Crippen LogP contribution in [0, 0.1) is 5.92 Å². The molecule has 2 aliphatic heterocycles. The summed E-state index contributed by atoms with van der Waals surface area (Å²) < 4.78 is 12.6. The van der Waals surface area contributed by atoms with Crippen LogP contribution in [0.25, 0.3) is 16.8 Å². The molecular formula is C20H14O2. The summed E-state index contributed by atoms with van der Waals surface area (Å²) in [5.41, 5.74) is 2.60. The second kappa shape index (κ2) is 3.71. The highest BCUT2D eigenvalue weighted by atomic mass is 16.5. The van der Waals surface area contributed by atoms with Gasteiger partial charge in [0, 0.05) is 16.7 Å². The van der Waals surface area contributed by atoms with Gasteiger partial charge >= 0.3 is 0 Å². The lowest BCUT2D eigenvalue weighted by molar-refractivity contribution is 0.0304. The Morgan fingerprint density at radius 3 is 2.45 bits per heavy atom. The summed E-state index contributed by atoms with van der Waals surface area (Å²) in [4.78, 5) is 0. The molecule has 1 saturated heterocycles. The van der Waals surface area contributed by atoms with Gasteiger partial charge in [-0.15, -0.1) is 0 Å². The highest BCUT2D eigenvalue weighted by Gasteiger charge is 2.54. The molecule has 0 amide bonds. The number of furan rings is 1. The molecule has 4 atom stereocenters. The highest BCUT2D eigenvalue weighted by Crippen LogP contribution is 2.63. The van der Waals surface area contributed by atoms with Crippen molar-refractivity contribution in [1.29, 1.82) is 0 Å². The number of benzene rings is 2. The summed E-state index contributed by atoms with van der Waals surface area (Å²) in [7, 11) is 0. The number of rotatable bonds is 0. The van der Waals surface area contributed by atoms with Crippen LogP contribution in [-0.4, -0.2) is 0 Å². The molecule has 106 valence electrons. The highest BCUT2D eigenvalue weighted by molar-refractivity contribution is 5.90. The maximum Gasteiger partial charge on any atom is 0.141 e. The van der Waals surface area contributed by atoms with Crippen LogP contribution in [0.4, 0.5) is 0 Å². The van der Waals surface area contributed by atoms with E-state index in [-0.39, 0.29) is 12.2 Å². The lowest BCUT2D eigenvalue weighted by atomic mass is 9.77. The Bertz CT molecular complexity index is 949. The molecule has 1 aliphatic carbocycles. The Morgan fingerprint density at radius 2 is 1.55 bits per heavy atom. The zero-order valence-corrected chi connectivity index (χ0v) is 11.9. The van der Waals surface area contributed by atoms with E-state index in [0.29, 0.717) is 11.8 Å². The first-order valence-electron chi connectivity index (χ1n) is 7.86. The summed E-state index contributed by atoms with van der Waals surface area (Å²) in [5.74, 6) is 2.85. The Kier molecular flexibility index (Phi) is 1.90. The molecule has 3 aliphatic rings. The molecule has 0 radical (unpaired) electrons. The van der Waals surface area contributed by atoms with Gasteiger partial charge in [0.15, 0.2) is 0 Å². The van der Waals surface area contributed by atoms with Crippen LogP contribution in [0.15, 0.2) is 59.0 Å². The zero-order chi connectivity index (χ0) is 14.3. The first-order chi connectivity index (χ1) is 10.9. The van der Waals surface area contributed by atoms with Crippen LogP contribution in [0.1, 0.15) is 40.8 Å². The molecule has 1 aromatic heterocycles. The monoisotopic (exact) mass is 286 g/mol. The fourth-order valence-electron chi connectivity index (χ4n) is 4.50. The third-order valence-electron chi connectivity index (χ3n) is 5.42. The minimum absolute atomic E-state index is 0.0794. The van der Waals surface area contributed by atoms with Crippen LogP contribution < -0.4 is 0 Å². The molecule has 0 saturated carbocycles. The lowest BCUT2D eigenvalue weighted by Gasteiger charge is -2.24. The third kappa shape index (κ3) is 1.18. The maximum atomic E-state index is 6.47. The molecule has 2 heteroatoms. The van der Waals surface area contributed by atoms with E-state index in [4.69, 9.17) is 9.15 Å². The molecule has 3 aromatic rings. The van der Waals surface area contributed by atoms with E-state index in [1.54, 1.807) is 0 Å². The maximum absolute atomic E-state index is 6.47. The molecule has 0 spiro atoms.